The Labute approximate surface area is 154 Å². The second-order valence-electron chi connectivity index (χ2n) is 8.10. The fourth-order valence-electron chi connectivity index (χ4n) is 3.20. The van der Waals surface area contributed by atoms with Crippen molar-refractivity contribution in [2.24, 2.45) is 5.41 Å². The Hall–Kier alpha value is -2.50. The van der Waals surface area contributed by atoms with Gasteiger partial charge in [0.05, 0.1) is 5.56 Å². The average Bonchev–Trinajstić information content (AvgIpc) is 2.87. The van der Waals surface area contributed by atoms with E-state index in [1.54, 1.807) is 6.20 Å². The molecule has 2 aromatic rings. The molecule has 1 aromatic carbocycles. The van der Waals surface area contributed by atoms with Gasteiger partial charge in [-0.2, -0.15) is 0 Å². The molecule has 26 heavy (non-hydrogen) atoms. The lowest BCUT2D eigenvalue weighted by atomic mass is 9.97. The summed E-state index contributed by atoms with van der Waals surface area (Å²) < 4.78 is 0. The maximum atomic E-state index is 12.9. The number of rotatable bonds is 2. The van der Waals surface area contributed by atoms with Crippen LogP contribution in [0.5, 0.6) is 0 Å². The summed E-state index contributed by atoms with van der Waals surface area (Å²) in [4.78, 5) is 32.2. The van der Waals surface area contributed by atoms with E-state index in [1.165, 1.54) is 0 Å². The molecule has 0 saturated carbocycles. The Balaban J connectivity index is 1.63. The number of H-pyrrole nitrogens is 1. The third-order valence-corrected chi connectivity index (χ3v) is 4.66. The van der Waals surface area contributed by atoms with Crippen LogP contribution in [0.2, 0.25) is 0 Å². The van der Waals surface area contributed by atoms with E-state index >= 15 is 0 Å². The summed E-state index contributed by atoms with van der Waals surface area (Å²) in [5.41, 5.74) is 1.72. The molecular weight excluding hydrogens is 328 g/mol. The summed E-state index contributed by atoms with van der Waals surface area (Å²) in [5, 5.41) is 3.94. The highest BCUT2D eigenvalue weighted by molar-refractivity contribution is 6.06. The normalized spacial score (nSPS) is 15.8. The molecule has 1 aromatic heterocycles. The van der Waals surface area contributed by atoms with Crippen molar-refractivity contribution in [1.82, 2.24) is 20.1 Å². The second kappa shape index (κ2) is 7.40. The standard InChI is InChI=1S/C20H28N4O2/c1-20(2,3)14-22-19(26)24-10-6-9-23(11-12-24)18(25)16-13-21-17-8-5-4-7-15(16)17/h4-5,7-8,13,21H,6,9-12,14H2,1-3H3,(H,22,26). The zero-order chi connectivity index (χ0) is 18.7. The Morgan fingerprint density at radius 2 is 1.77 bits per heavy atom. The molecule has 3 rings (SSSR count). The fourth-order valence-corrected chi connectivity index (χ4v) is 3.20. The van der Waals surface area contributed by atoms with Crippen LogP contribution in [0.3, 0.4) is 0 Å². The first-order valence-electron chi connectivity index (χ1n) is 9.23. The quantitative estimate of drug-likeness (QED) is 0.868. The van der Waals surface area contributed by atoms with Crippen LogP contribution in [0.1, 0.15) is 37.6 Å². The zero-order valence-corrected chi connectivity index (χ0v) is 15.8. The summed E-state index contributed by atoms with van der Waals surface area (Å²) in [6.07, 6.45) is 2.57. The number of nitrogens with one attached hydrogen (secondary N) is 2. The lowest BCUT2D eigenvalue weighted by Gasteiger charge is -2.25. The van der Waals surface area contributed by atoms with E-state index in [-0.39, 0.29) is 17.4 Å². The highest BCUT2D eigenvalue weighted by Crippen LogP contribution is 2.20. The topological polar surface area (TPSA) is 68.4 Å². The zero-order valence-electron chi connectivity index (χ0n) is 15.8. The molecule has 2 N–H and O–H groups in total. The predicted octanol–water partition coefficient (Wildman–Crippen LogP) is 3.07. The van der Waals surface area contributed by atoms with Crippen molar-refractivity contribution in [3.05, 3.63) is 36.0 Å². The Kier molecular flexibility index (Phi) is 5.20. The van der Waals surface area contributed by atoms with Gasteiger partial charge in [-0.3, -0.25) is 4.79 Å². The first-order valence-corrected chi connectivity index (χ1v) is 9.23. The van der Waals surface area contributed by atoms with E-state index in [4.69, 9.17) is 0 Å². The van der Waals surface area contributed by atoms with Gasteiger partial charge < -0.3 is 20.1 Å². The van der Waals surface area contributed by atoms with Gasteiger partial charge in [-0.15, -0.1) is 0 Å². The van der Waals surface area contributed by atoms with Gasteiger partial charge >= 0.3 is 6.03 Å². The summed E-state index contributed by atoms with van der Waals surface area (Å²) in [6.45, 7) is 9.38. The van der Waals surface area contributed by atoms with Gasteiger partial charge in [0.15, 0.2) is 0 Å². The van der Waals surface area contributed by atoms with Gasteiger partial charge in [0.2, 0.25) is 0 Å². The number of fused-ring (bicyclic) bond motifs is 1. The van der Waals surface area contributed by atoms with E-state index in [0.717, 1.165) is 17.3 Å². The number of urea groups is 1. The van der Waals surface area contributed by atoms with E-state index in [9.17, 15) is 9.59 Å². The van der Waals surface area contributed by atoms with Crippen molar-refractivity contribution < 1.29 is 9.59 Å². The maximum Gasteiger partial charge on any atom is 0.317 e. The largest absolute Gasteiger partial charge is 0.360 e. The molecule has 0 bridgehead atoms. The molecule has 1 aliphatic heterocycles. The third kappa shape index (κ3) is 4.18. The van der Waals surface area contributed by atoms with E-state index < -0.39 is 0 Å². The SMILES string of the molecule is CC(C)(C)CNC(=O)N1CCCN(C(=O)c2c[nH]c3ccccc23)CC1. The molecular formula is C20H28N4O2. The van der Waals surface area contributed by atoms with Crippen LogP contribution >= 0.6 is 0 Å². The number of hydrogen-bond acceptors (Lipinski definition) is 2. The number of benzene rings is 1. The Morgan fingerprint density at radius 3 is 2.54 bits per heavy atom. The Morgan fingerprint density at radius 1 is 1.08 bits per heavy atom. The van der Waals surface area contributed by atoms with Crippen molar-refractivity contribution in [3.63, 3.8) is 0 Å². The van der Waals surface area contributed by atoms with E-state index in [1.807, 2.05) is 34.1 Å². The summed E-state index contributed by atoms with van der Waals surface area (Å²) in [6, 6.07) is 7.78. The molecule has 1 aliphatic rings. The van der Waals surface area contributed by atoms with Crippen molar-refractivity contribution in [2.45, 2.75) is 27.2 Å². The minimum atomic E-state index is -0.0404. The molecule has 1 fully saturated rings. The summed E-state index contributed by atoms with van der Waals surface area (Å²) >= 11 is 0. The van der Waals surface area contributed by atoms with Crippen molar-refractivity contribution in [1.29, 1.82) is 0 Å². The molecule has 0 radical (unpaired) electrons. The van der Waals surface area contributed by atoms with Crippen LogP contribution in [0, 0.1) is 5.41 Å². The molecule has 3 amide bonds. The number of nitrogens with zero attached hydrogens (tertiary/aromatic N) is 2. The minimum absolute atomic E-state index is 0.0272. The third-order valence-electron chi connectivity index (χ3n) is 4.66. The van der Waals surface area contributed by atoms with Crippen LogP contribution < -0.4 is 5.32 Å². The van der Waals surface area contributed by atoms with Crippen LogP contribution in [-0.2, 0) is 0 Å². The van der Waals surface area contributed by atoms with Crippen molar-refractivity contribution in [2.75, 3.05) is 32.7 Å². The van der Waals surface area contributed by atoms with E-state index in [2.05, 4.69) is 31.1 Å². The average molecular weight is 356 g/mol. The molecule has 0 unspecified atom stereocenters. The first-order chi connectivity index (χ1) is 12.3. The van der Waals surface area contributed by atoms with Gasteiger partial charge in [-0.25, -0.2) is 4.79 Å². The summed E-state index contributed by atoms with van der Waals surface area (Å²) in [5.74, 6) is 0.0272. The number of carbonyl (C=O) groups excluding carboxylic acids is 2. The molecule has 140 valence electrons. The molecule has 0 aliphatic carbocycles. The molecule has 0 spiro atoms. The number of aromatic nitrogens is 1. The van der Waals surface area contributed by atoms with Crippen molar-refractivity contribution in [3.8, 4) is 0 Å². The number of amides is 3. The molecule has 0 atom stereocenters. The van der Waals surface area contributed by atoms with Gasteiger partial charge in [0.1, 0.15) is 0 Å². The smallest absolute Gasteiger partial charge is 0.317 e. The lowest BCUT2D eigenvalue weighted by molar-refractivity contribution is 0.0764. The first kappa shape index (κ1) is 18.3. The van der Waals surface area contributed by atoms with Crippen LogP contribution in [0.25, 0.3) is 10.9 Å². The van der Waals surface area contributed by atoms with E-state index in [0.29, 0.717) is 38.3 Å². The maximum absolute atomic E-state index is 12.9. The predicted molar refractivity (Wildman–Crippen MR) is 103 cm³/mol. The monoisotopic (exact) mass is 356 g/mol. The molecule has 1 saturated heterocycles. The summed E-state index contributed by atoms with van der Waals surface area (Å²) in [7, 11) is 0. The highest BCUT2D eigenvalue weighted by Gasteiger charge is 2.24. The fraction of sp³-hybridized carbons (Fsp3) is 0.500. The van der Waals surface area contributed by atoms with Crippen LogP contribution in [-0.4, -0.2) is 59.4 Å². The number of aromatic amines is 1. The number of carbonyl (C=O) groups is 2. The molecule has 2 heterocycles. The van der Waals surface area contributed by atoms with Crippen molar-refractivity contribution >= 4 is 22.8 Å². The number of para-hydroxylation sites is 1. The second-order valence-corrected chi connectivity index (χ2v) is 8.10. The highest BCUT2D eigenvalue weighted by atomic mass is 16.2. The molecule has 6 nitrogen and oxygen atoms in total. The van der Waals surface area contributed by atoms with Gasteiger partial charge in [-0.1, -0.05) is 39.0 Å². The van der Waals surface area contributed by atoms with Crippen LogP contribution in [0.15, 0.2) is 30.5 Å². The lowest BCUT2D eigenvalue weighted by Crippen LogP contribution is -2.44. The molecule has 6 heteroatoms. The number of hydrogen-bond donors (Lipinski definition) is 2. The van der Waals surface area contributed by atoms with Gasteiger partial charge in [-0.05, 0) is 17.9 Å². The van der Waals surface area contributed by atoms with Gasteiger partial charge in [0, 0.05) is 49.8 Å². The van der Waals surface area contributed by atoms with Gasteiger partial charge in [0.25, 0.3) is 5.91 Å². The minimum Gasteiger partial charge on any atom is -0.360 e. The Bertz CT molecular complexity index is 790. The van der Waals surface area contributed by atoms with Crippen LogP contribution in [0.4, 0.5) is 4.79 Å².